The Morgan fingerprint density at radius 3 is 2.35 bits per heavy atom. The zero-order valence-corrected chi connectivity index (χ0v) is 10.3. The van der Waals surface area contributed by atoms with Crippen LogP contribution in [-0.4, -0.2) is 14.2 Å². The zero-order chi connectivity index (χ0) is 12.3. The van der Waals surface area contributed by atoms with E-state index in [0.29, 0.717) is 0 Å². The van der Waals surface area contributed by atoms with Crippen LogP contribution in [0.15, 0.2) is 34.7 Å². The molecular weight excluding hydrogens is 216 g/mol. The standard InChI is InChI=1S/C14H16O3/c1-10-4-6-12(17-10)8-11-5-7-13(15-2)14(9-11)16-3/h4-7,9H,8H2,1-3H3. The van der Waals surface area contributed by atoms with Crippen molar-refractivity contribution in [3.8, 4) is 11.5 Å². The Labute approximate surface area is 101 Å². The van der Waals surface area contributed by atoms with Gasteiger partial charge in [-0.25, -0.2) is 0 Å². The molecule has 0 radical (unpaired) electrons. The summed E-state index contributed by atoms with van der Waals surface area (Å²) in [6, 6.07) is 9.85. The SMILES string of the molecule is COc1ccc(Cc2ccc(C)o2)cc1OC. The van der Waals surface area contributed by atoms with E-state index in [2.05, 4.69) is 0 Å². The van der Waals surface area contributed by atoms with Crippen LogP contribution in [-0.2, 0) is 6.42 Å². The summed E-state index contributed by atoms with van der Waals surface area (Å²) in [5.74, 6) is 3.37. The Morgan fingerprint density at radius 2 is 1.76 bits per heavy atom. The third-order valence-electron chi connectivity index (χ3n) is 2.62. The van der Waals surface area contributed by atoms with Crippen molar-refractivity contribution >= 4 is 0 Å². The third-order valence-corrected chi connectivity index (χ3v) is 2.62. The Balaban J connectivity index is 2.22. The Morgan fingerprint density at radius 1 is 1.00 bits per heavy atom. The first-order chi connectivity index (χ1) is 8.22. The lowest BCUT2D eigenvalue weighted by atomic mass is 10.1. The highest BCUT2D eigenvalue weighted by Gasteiger charge is 2.06. The first kappa shape index (κ1) is 11.6. The summed E-state index contributed by atoms with van der Waals surface area (Å²) in [6.45, 7) is 1.94. The van der Waals surface area contributed by atoms with Crippen molar-refractivity contribution in [3.63, 3.8) is 0 Å². The lowest BCUT2D eigenvalue weighted by molar-refractivity contribution is 0.354. The minimum atomic E-state index is 0.742. The van der Waals surface area contributed by atoms with Crippen molar-refractivity contribution in [1.82, 2.24) is 0 Å². The first-order valence-corrected chi connectivity index (χ1v) is 5.49. The lowest BCUT2D eigenvalue weighted by Gasteiger charge is -2.08. The fourth-order valence-electron chi connectivity index (χ4n) is 1.77. The summed E-state index contributed by atoms with van der Waals surface area (Å²) in [5.41, 5.74) is 1.14. The van der Waals surface area contributed by atoms with Gasteiger partial charge >= 0.3 is 0 Å². The lowest BCUT2D eigenvalue weighted by Crippen LogP contribution is -1.93. The van der Waals surface area contributed by atoms with E-state index in [4.69, 9.17) is 13.9 Å². The van der Waals surface area contributed by atoms with Gasteiger partial charge in [-0.05, 0) is 36.8 Å². The molecule has 1 heterocycles. The van der Waals surface area contributed by atoms with Crippen molar-refractivity contribution in [3.05, 3.63) is 47.4 Å². The second-order valence-corrected chi connectivity index (χ2v) is 3.88. The molecule has 0 aliphatic carbocycles. The van der Waals surface area contributed by atoms with Gasteiger partial charge in [-0.1, -0.05) is 6.07 Å². The highest BCUT2D eigenvalue weighted by molar-refractivity contribution is 5.43. The van der Waals surface area contributed by atoms with Crippen LogP contribution in [0.5, 0.6) is 11.5 Å². The Kier molecular flexibility index (Phi) is 3.38. The highest BCUT2D eigenvalue weighted by Crippen LogP contribution is 2.28. The van der Waals surface area contributed by atoms with E-state index in [0.717, 1.165) is 35.0 Å². The van der Waals surface area contributed by atoms with Gasteiger partial charge in [0, 0.05) is 6.42 Å². The molecule has 0 atom stereocenters. The molecule has 0 saturated carbocycles. The molecule has 0 bridgehead atoms. The maximum absolute atomic E-state index is 5.55. The van der Waals surface area contributed by atoms with Crippen molar-refractivity contribution in [2.75, 3.05) is 14.2 Å². The molecule has 0 aliphatic heterocycles. The monoisotopic (exact) mass is 232 g/mol. The molecule has 2 rings (SSSR count). The van der Waals surface area contributed by atoms with Crippen molar-refractivity contribution in [1.29, 1.82) is 0 Å². The van der Waals surface area contributed by atoms with Crippen molar-refractivity contribution < 1.29 is 13.9 Å². The number of ether oxygens (including phenoxy) is 2. The van der Waals surface area contributed by atoms with E-state index >= 15 is 0 Å². The van der Waals surface area contributed by atoms with E-state index in [9.17, 15) is 0 Å². The average Bonchev–Trinajstić information content (AvgIpc) is 2.74. The van der Waals surface area contributed by atoms with Gasteiger partial charge in [0.2, 0.25) is 0 Å². The van der Waals surface area contributed by atoms with Gasteiger partial charge in [0.1, 0.15) is 11.5 Å². The fourth-order valence-corrected chi connectivity index (χ4v) is 1.77. The van der Waals surface area contributed by atoms with Crippen molar-refractivity contribution in [2.24, 2.45) is 0 Å². The molecule has 0 N–H and O–H groups in total. The van der Waals surface area contributed by atoms with Crippen LogP contribution in [0.4, 0.5) is 0 Å². The third kappa shape index (κ3) is 2.61. The molecule has 0 amide bonds. The number of furan rings is 1. The van der Waals surface area contributed by atoms with E-state index < -0.39 is 0 Å². The van der Waals surface area contributed by atoms with E-state index in [-0.39, 0.29) is 0 Å². The van der Waals surface area contributed by atoms with Crippen LogP contribution in [0.1, 0.15) is 17.1 Å². The summed E-state index contributed by atoms with van der Waals surface area (Å²) in [5, 5.41) is 0. The summed E-state index contributed by atoms with van der Waals surface area (Å²) >= 11 is 0. The molecular formula is C14H16O3. The Hall–Kier alpha value is -1.90. The molecule has 2 aromatic rings. The van der Waals surface area contributed by atoms with Crippen LogP contribution in [0.25, 0.3) is 0 Å². The maximum atomic E-state index is 5.55. The average molecular weight is 232 g/mol. The summed E-state index contributed by atoms with van der Waals surface area (Å²) in [6.07, 6.45) is 0.758. The van der Waals surface area contributed by atoms with Crippen molar-refractivity contribution in [2.45, 2.75) is 13.3 Å². The second-order valence-electron chi connectivity index (χ2n) is 3.88. The van der Waals surface area contributed by atoms with Gasteiger partial charge in [0.05, 0.1) is 14.2 Å². The fraction of sp³-hybridized carbons (Fsp3) is 0.286. The van der Waals surface area contributed by atoms with Gasteiger partial charge in [-0.15, -0.1) is 0 Å². The molecule has 17 heavy (non-hydrogen) atoms. The highest BCUT2D eigenvalue weighted by atomic mass is 16.5. The number of hydrogen-bond acceptors (Lipinski definition) is 3. The van der Waals surface area contributed by atoms with Gasteiger partial charge in [0.25, 0.3) is 0 Å². The largest absolute Gasteiger partial charge is 0.493 e. The number of hydrogen-bond donors (Lipinski definition) is 0. The zero-order valence-electron chi connectivity index (χ0n) is 10.3. The molecule has 3 nitrogen and oxygen atoms in total. The molecule has 90 valence electrons. The maximum Gasteiger partial charge on any atom is 0.161 e. The number of methoxy groups -OCH3 is 2. The van der Waals surface area contributed by atoms with Gasteiger partial charge in [0.15, 0.2) is 11.5 Å². The minimum absolute atomic E-state index is 0.742. The molecule has 0 aliphatic rings. The quantitative estimate of drug-likeness (QED) is 0.811. The van der Waals surface area contributed by atoms with Crippen LogP contribution >= 0.6 is 0 Å². The Bertz CT molecular complexity index is 500. The molecule has 0 spiro atoms. The topological polar surface area (TPSA) is 31.6 Å². The van der Waals surface area contributed by atoms with E-state index in [1.54, 1.807) is 14.2 Å². The summed E-state index contributed by atoms with van der Waals surface area (Å²) in [4.78, 5) is 0. The first-order valence-electron chi connectivity index (χ1n) is 5.49. The van der Waals surface area contributed by atoms with E-state index in [1.165, 1.54) is 0 Å². The van der Waals surface area contributed by atoms with Crippen LogP contribution < -0.4 is 9.47 Å². The molecule has 1 aromatic heterocycles. The smallest absolute Gasteiger partial charge is 0.161 e. The van der Waals surface area contributed by atoms with Gasteiger partial charge < -0.3 is 13.9 Å². The number of aryl methyl sites for hydroxylation is 1. The molecule has 0 saturated heterocycles. The van der Waals surface area contributed by atoms with Gasteiger partial charge in [-0.3, -0.25) is 0 Å². The molecule has 0 fully saturated rings. The van der Waals surface area contributed by atoms with Crippen LogP contribution in [0, 0.1) is 6.92 Å². The molecule has 1 aromatic carbocycles. The summed E-state index contributed by atoms with van der Waals surface area (Å²) < 4.78 is 16.0. The predicted molar refractivity (Wildman–Crippen MR) is 65.8 cm³/mol. The molecule has 3 heteroatoms. The van der Waals surface area contributed by atoms with Crippen LogP contribution in [0.2, 0.25) is 0 Å². The van der Waals surface area contributed by atoms with E-state index in [1.807, 2.05) is 37.3 Å². The number of rotatable bonds is 4. The molecule has 0 unspecified atom stereocenters. The number of benzene rings is 1. The van der Waals surface area contributed by atoms with Crippen LogP contribution in [0.3, 0.4) is 0 Å². The normalized spacial score (nSPS) is 10.3. The van der Waals surface area contributed by atoms with Gasteiger partial charge in [-0.2, -0.15) is 0 Å². The summed E-state index contributed by atoms with van der Waals surface area (Å²) in [7, 11) is 3.27. The minimum Gasteiger partial charge on any atom is -0.493 e. The predicted octanol–water partition coefficient (Wildman–Crippen LogP) is 3.20. The second kappa shape index (κ2) is 4.95.